The minimum atomic E-state index is -0.142. The summed E-state index contributed by atoms with van der Waals surface area (Å²) in [6.07, 6.45) is 5.79. The number of nitrogens with two attached hydrogens (primary N) is 1. The molecule has 5 heteroatoms. The number of unbranched alkanes of at least 4 members (excludes halogenated alkanes) is 2. The minimum absolute atomic E-state index is 0.0405. The second-order valence-corrected chi connectivity index (χ2v) is 4.91. The van der Waals surface area contributed by atoms with Crippen molar-refractivity contribution in [2.45, 2.75) is 38.7 Å². The predicted octanol–water partition coefficient (Wildman–Crippen LogP) is 1.39. The molecule has 1 amide bonds. The monoisotopic (exact) mass is 262 g/mol. The van der Waals surface area contributed by atoms with Gasteiger partial charge in [-0.1, -0.05) is 6.42 Å². The standard InChI is InChI=1S/C12H26N2O2S/c1-3-16-11(10-13)9-12(15)14-7-5-4-6-8-17-2/h11H,3-10,13H2,1-2H3,(H,14,15). The van der Waals surface area contributed by atoms with Crippen molar-refractivity contribution < 1.29 is 9.53 Å². The van der Waals surface area contributed by atoms with Crippen molar-refractivity contribution in [2.75, 3.05) is 31.7 Å². The van der Waals surface area contributed by atoms with Crippen LogP contribution in [0.2, 0.25) is 0 Å². The Kier molecular flexibility index (Phi) is 12.0. The van der Waals surface area contributed by atoms with Crippen LogP contribution < -0.4 is 11.1 Å². The fourth-order valence-electron chi connectivity index (χ4n) is 1.50. The maximum absolute atomic E-state index is 11.5. The van der Waals surface area contributed by atoms with E-state index in [1.807, 2.05) is 18.7 Å². The van der Waals surface area contributed by atoms with Crippen LogP contribution in [-0.2, 0) is 9.53 Å². The van der Waals surface area contributed by atoms with Gasteiger partial charge in [-0.15, -0.1) is 0 Å². The highest BCUT2D eigenvalue weighted by atomic mass is 32.2. The summed E-state index contributed by atoms with van der Waals surface area (Å²) in [6.45, 7) is 3.67. The molecule has 0 radical (unpaired) electrons. The van der Waals surface area contributed by atoms with Gasteiger partial charge in [-0.3, -0.25) is 4.79 Å². The smallest absolute Gasteiger partial charge is 0.222 e. The SMILES string of the molecule is CCOC(CN)CC(=O)NCCCCCSC. The maximum atomic E-state index is 11.5. The molecule has 0 aliphatic carbocycles. The first-order chi connectivity index (χ1) is 8.24. The largest absolute Gasteiger partial charge is 0.377 e. The third-order valence-electron chi connectivity index (χ3n) is 2.43. The van der Waals surface area contributed by atoms with Crippen molar-refractivity contribution in [3.63, 3.8) is 0 Å². The van der Waals surface area contributed by atoms with Gasteiger partial charge in [0, 0.05) is 19.7 Å². The molecule has 0 aromatic rings. The van der Waals surface area contributed by atoms with Crippen LogP contribution in [0.4, 0.5) is 0 Å². The van der Waals surface area contributed by atoms with Gasteiger partial charge in [0.2, 0.25) is 5.91 Å². The van der Waals surface area contributed by atoms with Crippen LogP contribution in [0.1, 0.15) is 32.6 Å². The van der Waals surface area contributed by atoms with E-state index in [1.165, 1.54) is 18.6 Å². The highest BCUT2D eigenvalue weighted by molar-refractivity contribution is 7.98. The van der Waals surface area contributed by atoms with Gasteiger partial charge in [-0.25, -0.2) is 0 Å². The van der Waals surface area contributed by atoms with Crippen LogP contribution in [0.3, 0.4) is 0 Å². The number of hydrogen-bond donors (Lipinski definition) is 2. The molecule has 0 aromatic carbocycles. The number of thioether (sulfide) groups is 1. The van der Waals surface area contributed by atoms with Gasteiger partial charge in [-0.2, -0.15) is 11.8 Å². The van der Waals surface area contributed by atoms with E-state index in [4.69, 9.17) is 10.5 Å². The second kappa shape index (κ2) is 12.2. The molecule has 0 fully saturated rings. The molecule has 3 N–H and O–H groups in total. The number of rotatable bonds is 11. The van der Waals surface area contributed by atoms with Crippen LogP contribution >= 0.6 is 11.8 Å². The number of amides is 1. The van der Waals surface area contributed by atoms with Gasteiger partial charge in [0.1, 0.15) is 0 Å². The quantitative estimate of drug-likeness (QED) is 0.552. The van der Waals surface area contributed by atoms with Crippen molar-refractivity contribution in [1.29, 1.82) is 0 Å². The van der Waals surface area contributed by atoms with Crippen LogP contribution in [-0.4, -0.2) is 43.7 Å². The molecule has 4 nitrogen and oxygen atoms in total. The van der Waals surface area contributed by atoms with Crippen LogP contribution in [0, 0.1) is 0 Å². The zero-order valence-electron chi connectivity index (χ0n) is 11.0. The number of carbonyl (C=O) groups is 1. The van der Waals surface area contributed by atoms with Crippen LogP contribution in [0.25, 0.3) is 0 Å². The van der Waals surface area contributed by atoms with Gasteiger partial charge >= 0.3 is 0 Å². The summed E-state index contributed by atoms with van der Waals surface area (Å²) < 4.78 is 5.33. The van der Waals surface area contributed by atoms with E-state index >= 15 is 0 Å². The second-order valence-electron chi connectivity index (χ2n) is 3.92. The zero-order chi connectivity index (χ0) is 12.9. The average Bonchev–Trinajstić information content (AvgIpc) is 2.33. The Labute approximate surface area is 109 Å². The summed E-state index contributed by atoms with van der Waals surface area (Å²) in [7, 11) is 0. The molecule has 1 unspecified atom stereocenters. The minimum Gasteiger partial charge on any atom is -0.377 e. The van der Waals surface area contributed by atoms with Crippen LogP contribution in [0.15, 0.2) is 0 Å². The highest BCUT2D eigenvalue weighted by Gasteiger charge is 2.11. The van der Waals surface area contributed by atoms with Crippen molar-refractivity contribution in [3.8, 4) is 0 Å². The number of nitrogens with one attached hydrogen (secondary N) is 1. The van der Waals surface area contributed by atoms with Gasteiger partial charge in [-0.05, 0) is 31.8 Å². The molecule has 17 heavy (non-hydrogen) atoms. The maximum Gasteiger partial charge on any atom is 0.222 e. The molecule has 0 bridgehead atoms. The number of carbonyl (C=O) groups excluding carboxylic acids is 1. The van der Waals surface area contributed by atoms with E-state index in [9.17, 15) is 4.79 Å². The first-order valence-corrected chi connectivity index (χ1v) is 7.71. The Balaban J connectivity index is 3.44. The van der Waals surface area contributed by atoms with E-state index in [1.54, 1.807) is 0 Å². The fourth-order valence-corrected chi connectivity index (χ4v) is 1.99. The lowest BCUT2D eigenvalue weighted by Gasteiger charge is -2.14. The predicted molar refractivity (Wildman–Crippen MR) is 74.3 cm³/mol. The Morgan fingerprint density at radius 3 is 2.76 bits per heavy atom. The van der Waals surface area contributed by atoms with Gasteiger partial charge < -0.3 is 15.8 Å². The molecule has 0 spiro atoms. The lowest BCUT2D eigenvalue weighted by molar-refractivity contribution is -0.123. The number of hydrogen-bond acceptors (Lipinski definition) is 4. The molecule has 0 rings (SSSR count). The highest BCUT2D eigenvalue weighted by Crippen LogP contribution is 2.01. The average molecular weight is 262 g/mol. The van der Waals surface area contributed by atoms with E-state index in [2.05, 4.69) is 11.6 Å². The first kappa shape index (κ1) is 16.7. The van der Waals surface area contributed by atoms with E-state index < -0.39 is 0 Å². The summed E-state index contributed by atoms with van der Waals surface area (Å²) in [5.41, 5.74) is 5.51. The van der Waals surface area contributed by atoms with Gasteiger partial charge in [0.25, 0.3) is 0 Å². The molecule has 0 saturated carbocycles. The molecule has 0 aliphatic heterocycles. The van der Waals surface area contributed by atoms with Crippen molar-refractivity contribution in [1.82, 2.24) is 5.32 Å². The molecule has 0 saturated heterocycles. The molecule has 102 valence electrons. The van der Waals surface area contributed by atoms with Gasteiger partial charge in [0.15, 0.2) is 0 Å². The third-order valence-corrected chi connectivity index (χ3v) is 3.12. The Morgan fingerprint density at radius 1 is 1.41 bits per heavy atom. The van der Waals surface area contributed by atoms with E-state index in [0.29, 0.717) is 19.6 Å². The fraction of sp³-hybridized carbons (Fsp3) is 0.917. The molecular weight excluding hydrogens is 236 g/mol. The summed E-state index contributed by atoms with van der Waals surface area (Å²) in [4.78, 5) is 11.5. The lowest BCUT2D eigenvalue weighted by Crippen LogP contribution is -2.33. The molecular formula is C12H26N2O2S. The normalized spacial score (nSPS) is 12.4. The zero-order valence-corrected chi connectivity index (χ0v) is 11.9. The summed E-state index contributed by atoms with van der Waals surface area (Å²) >= 11 is 1.87. The van der Waals surface area contributed by atoms with Gasteiger partial charge in [0.05, 0.1) is 12.5 Å². The summed E-state index contributed by atoms with van der Waals surface area (Å²) in [5, 5.41) is 2.90. The molecule has 0 aromatic heterocycles. The third kappa shape index (κ3) is 10.6. The Bertz CT molecular complexity index is 191. The molecule has 0 heterocycles. The van der Waals surface area contributed by atoms with Crippen molar-refractivity contribution >= 4 is 17.7 Å². The topological polar surface area (TPSA) is 64.3 Å². The van der Waals surface area contributed by atoms with Crippen LogP contribution in [0.5, 0.6) is 0 Å². The molecule has 1 atom stereocenters. The van der Waals surface area contributed by atoms with Crippen molar-refractivity contribution in [3.05, 3.63) is 0 Å². The Morgan fingerprint density at radius 2 is 2.18 bits per heavy atom. The lowest BCUT2D eigenvalue weighted by atomic mass is 10.2. The Hall–Kier alpha value is -0.260. The van der Waals surface area contributed by atoms with E-state index in [0.717, 1.165) is 13.0 Å². The first-order valence-electron chi connectivity index (χ1n) is 6.31. The van der Waals surface area contributed by atoms with E-state index in [-0.39, 0.29) is 12.0 Å². The summed E-state index contributed by atoms with van der Waals surface area (Å²) in [6, 6.07) is 0. The van der Waals surface area contributed by atoms with Crippen molar-refractivity contribution in [2.24, 2.45) is 5.73 Å². The summed E-state index contributed by atoms with van der Waals surface area (Å²) in [5.74, 6) is 1.24. The molecule has 0 aliphatic rings. The number of ether oxygens (including phenoxy) is 1.